The zero-order valence-electron chi connectivity index (χ0n) is 10.8. The van der Waals surface area contributed by atoms with Gasteiger partial charge in [-0.25, -0.2) is 0 Å². The van der Waals surface area contributed by atoms with E-state index in [0.29, 0.717) is 15.8 Å². The maximum absolute atomic E-state index is 11.9. The van der Waals surface area contributed by atoms with Crippen molar-refractivity contribution in [3.8, 4) is 5.75 Å². The fourth-order valence-electron chi connectivity index (χ4n) is 1.34. The Morgan fingerprint density at radius 3 is 2.71 bits per heavy atom. The fraction of sp³-hybridized carbons (Fsp3) is 0.500. The van der Waals surface area contributed by atoms with E-state index in [0.717, 1.165) is 0 Å². The molecule has 1 aromatic rings. The van der Waals surface area contributed by atoms with Gasteiger partial charge < -0.3 is 15.2 Å². The van der Waals surface area contributed by atoms with Crippen LogP contribution in [0.3, 0.4) is 0 Å². The minimum Gasteiger partial charge on any atom is -0.489 e. The summed E-state index contributed by atoms with van der Waals surface area (Å²) in [4.78, 5) is 0. The quantitative estimate of drug-likeness (QED) is 0.692. The lowest BCUT2D eigenvalue weighted by molar-refractivity contribution is -0.0327. The van der Waals surface area contributed by atoms with E-state index >= 15 is 0 Å². The number of alkyl halides is 3. The molecule has 1 atom stereocenters. The molecule has 1 unspecified atom stereocenters. The number of thioether (sulfide) groups is 1. The van der Waals surface area contributed by atoms with Crippen LogP contribution in [-0.4, -0.2) is 42.2 Å². The molecule has 1 rings (SSSR count). The number of halogens is 5. The first kappa shape index (κ1) is 18.7. The van der Waals surface area contributed by atoms with E-state index in [9.17, 15) is 18.3 Å². The van der Waals surface area contributed by atoms with Gasteiger partial charge in [0.25, 0.3) is 0 Å². The molecular formula is C12H14Cl2F3NO2S. The molecule has 1 aromatic carbocycles. The largest absolute Gasteiger partial charge is 0.489 e. The lowest BCUT2D eigenvalue weighted by Crippen LogP contribution is -2.32. The molecule has 0 aliphatic heterocycles. The van der Waals surface area contributed by atoms with Gasteiger partial charge in [-0.15, -0.1) is 0 Å². The molecule has 0 aromatic heterocycles. The predicted octanol–water partition coefficient (Wildman–Crippen LogP) is 3.58. The topological polar surface area (TPSA) is 41.5 Å². The van der Waals surface area contributed by atoms with Crippen LogP contribution < -0.4 is 10.1 Å². The molecule has 0 saturated heterocycles. The Kier molecular flexibility index (Phi) is 7.97. The van der Waals surface area contributed by atoms with Crippen LogP contribution in [-0.2, 0) is 0 Å². The summed E-state index contributed by atoms with van der Waals surface area (Å²) in [5.74, 6) is 0.229. The molecule has 9 heteroatoms. The van der Waals surface area contributed by atoms with Crippen molar-refractivity contribution >= 4 is 35.0 Å². The molecule has 0 saturated carbocycles. The smallest absolute Gasteiger partial charge is 0.441 e. The van der Waals surface area contributed by atoms with Crippen LogP contribution in [0, 0.1) is 0 Å². The highest BCUT2D eigenvalue weighted by atomic mass is 35.5. The van der Waals surface area contributed by atoms with Crippen molar-refractivity contribution in [2.45, 2.75) is 11.6 Å². The number of aliphatic hydroxyl groups excluding tert-OH is 1. The average molecular weight is 364 g/mol. The third-order valence-corrected chi connectivity index (χ3v) is 3.53. The van der Waals surface area contributed by atoms with E-state index < -0.39 is 11.6 Å². The highest BCUT2D eigenvalue weighted by Gasteiger charge is 2.27. The molecular weight excluding hydrogens is 350 g/mol. The minimum atomic E-state index is -4.23. The monoisotopic (exact) mass is 363 g/mol. The van der Waals surface area contributed by atoms with Crippen LogP contribution in [0.2, 0.25) is 10.0 Å². The molecule has 120 valence electrons. The maximum Gasteiger partial charge on any atom is 0.441 e. The number of hydrogen-bond acceptors (Lipinski definition) is 4. The number of benzene rings is 1. The Morgan fingerprint density at radius 2 is 2.05 bits per heavy atom. The van der Waals surface area contributed by atoms with E-state index in [1.54, 1.807) is 12.1 Å². The Balaban J connectivity index is 2.19. The van der Waals surface area contributed by atoms with Gasteiger partial charge in [-0.2, -0.15) is 13.2 Å². The van der Waals surface area contributed by atoms with Crippen molar-refractivity contribution in [2.24, 2.45) is 0 Å². The van der Waals surface area contributed by atoms with E-state index in [4.69, 9.17) is 27.9 Å². The van der Waals surface area contributed by atoms with Gasteiger partial charge in [0.15, 0.2) is 0 Å². The Labute approximate surface area is 134 Å². The molecule has 0 spiro atoms. The summed E-state index contributed by atoms with van der Waals surface area (Å²) >= 11 is 11.5. The molecule has 0 aliphatic rings. The fourth-order valence-corrected chi connectivity index (χ4v) is 2.15. The second kappa shape index (κ2) is 8.95. The minimum absolute atomic E-state index is 0.0422. The van der Waals surface area contributed by atoms with Crippen molar-refractivity contribution in [1.82, 2.24) is 5.32 Å². The van der Waals surface area contributed by atoms with Crippen LogP contribution in [0.5, 0.6) is 5.75 Å². The summed E-state index contributed by atoms with van der Waals surface area (Å²) < 4.78 is 40.9. The summed E-state index contributed by atoms with van der Waals surface area (Å²) in [6, 6.07) is 4.69. The number of hydrogen-bond donors (Lipinski definition) is 2. The predicted molar refractivity (Wildman–Crippen MR) is 79.3 cm³/mol. The van der Waals surface area contributed by atoms with Gasteiger partial charge >= 0.3 is 5.51 Å². The summed E-state index contributed by atoms with van der Waals surface area (Å²) in [7, 11) is 0. The molecule has 0 aliphatic carbocycles. The molecule has 0 bridgehead atoms. The standard InChI is InChI=1S/C12H14Cl2F3NO2S/c13-8-1-2-10(14)11(5-8)20-7-9(19)6-18-3-4-21-12(15,16)17/h1-2,5,9,18-19H,3-4,6-7H2. The summed E-state index contributed by atoms with van der Waals surface area (Å²) in [5, 5.41) is 13.2. The molecule has 0 radical (unpaired) electrons. The average Bonchev–Trinajstić information content (AvgIpc) is 2.38. The Morgan fingerprint density at radius 1 is 1.33 bits per heavy atom. The molecule has 0 heterocycles. The van der Waals surface area contributed by atoms with Crippen molar-refractivity contribution in [2.75, 3.05) is 25.4 Å². The van der Waals surface area contributed by atoms with Crippen molar-refractivity contribution in [1.29, 1.82) is 0 Å². The van der Waals surface area contributed by atoms with Gasteiger partial charge in [0.05, 0.1) is 5.02 Å². The van der Waals surface area contributed by atoms with Crippen molar-refractivity contribution < 1.29 is 23.0 Å². The third-order valence-electron chi connectivity index (χ3n) is 2.25. The number of rotatable bonds is 8. The molecule has 2 N–H and O–H groups in total. The van der Waals surface area contributed by atoms with Crippen molar-refractivity contribution in [3.05, 3.63) is 28.2 Å². The van der Waals surface area contributed by atoms with Gasteiger partial charge in [-0.3, -0.25) is 0 Å². The first-order valence-corrected chi connectivity index (χ1v) is 7.69. The lowest BCUT2D eigenvalue weighted by atomic mass is 10.3. The lowest BCUT2D eigenvalue weighted by Gasteiger charge is -2.14. The van der Waals surface area contributed by atoms with E-state index in [2.05, 4.69) is 5.32 Å². The van der Waals surface area contributed by atoms with Crippen LogP contribution in [0.4, 0.5) is 13.2 Å². The first-order chi connectivity index (χ1) is 9.78. The second-order valence-corrected chi connectivity index (χ2v) is 6.04. The number of ether oxygens (including phenoxy) is 1. The second-order valence-electron chi connectivity index (χ2n) is 4.04. The highest BCUT2D eigenvalue weighted by molar-refractivity contribution is 8.00. The molecule has 3 nitrogen and oxygen atoms in total. The normalized spacial score (nSPS) is 13.2. The van der Waals surface area contributed by atoms with E-state index in [1.165, 1.54) is 6.07 Å². The van der Waals surface area contributed by atoms with Gasteiger partial charge in [0.2, 0.25) is 0 Å². The summed E-state index contributed by atoms with van der Waals surface area (Å²) in [5.41, 5.74) is -4.23. The van der Waals surface area contributed by atoms with Crippen LogP contribution >= 0.6 is 35.0 Å². The number of aliphatic hydroxyl groups is 1. The Hall–Kier alpha value is -0.340. The number of nitrogens with one attached hydrogen (secondary N) is 1. The highest BCUT2D eigenvalue weighted by Crippen LogP contribution is 2.29. The Bertz CT molecular complexity index is 449. The third kappa shape index (κ3) is 8.63. The SMILES string of the molecule is OC(CNCCSC(F)(F)F)COc1cc(Cl)ccc1Cl. The van der Waals surface area contributed by atoms with Crippen LogP contribution in [0.25, 0.3) is 0 Å². The van der Waals surface area contributed by atoms with Crippen LogP contribution in [0.1, 0.15) is 0 Å². The molecule has 0 fully saturated rings. The van der Waals surface area contributed by atoms with Gasteiger partial charge in [0.1, 0.15) is 18.5 Å². The summed E-state index contributed by atoms with van der Waals surface area (Å²) in [6.07, 6.45) is -0.865. The maximum atomic E-state index is 11.9. The van der Waals surface area contributed by atoms with Gasteiger partial charge in [0, 0.05) is 29.9 Å². The first-order valence-electron chi connectivity index (χ1n) is 5.95. The van der Waals surface area contributed by atoms with Crippen molar-refractivity contribution in [3.63, 3.8) is 0 Å². The zero-order chi connectivity index (χ0) is 15.9. The van der Waals surface area contributed by atoms with E-state index in [-0.39, 0.29) is 37.2 Å². The molecule has 21 heavy (non-hydrogen) atoms. The van der Waals surface area contributed by atoms with Gasteiger partial charge in [-0.1, -0.05) is 23.2 Å². The van der Waals surface area contributed by atoms with Gasteiger partial charge in [-0.05, 0) is 23.9 Å². The summed E-state index contributed by atoms with van der Waals surface area (Å²) in [6.45, 7) is 0.217. The zero-order valence-corrected chi connectivity index (χ0v) is 13.1. The van der Waals surface area contributed by atoms with E-state index in [1.807, 2.05) is 0 Å². The van der Waals surface area contributed by atoms with Crippen LogP contribution in [0.15, 0.2) is 18.2 Å². The molecule has 0 amide bonds.